The Morgan fingerprint density at radius 3 is 2.54 bits per heavy atom. The first kappa shape index (κ1) is 15.1. The molecule has 0 radical (unpaired) electrons. The van der Waals surface area contributed by atoms with Gasteiger partial charge in [-0.3, -0.25) is 9.30 Å². The van der Waals surface area contributed by atoms with Crippen LogP contribution in [0.4, 0.5) is 5.82 Å². The molecule has 1 N–H and O–H groups in total. The highest BCUT2D eigenvalue weighted by molar-refractivity contribution is 5.71. The third-order valence-electron chi connectivity index (χ3n) is 4.57. The lowest BCUT2D eigenvalue weighted by Gasteiger charge is -2.35. The number of aromatic nitrogens is 3. The van der Waals surface area contributed by atoms with E-state index < -0.39 is 0 Å². The van der Waals surface area contributed by atoms with E-state index in [0.29, 0.717) is 0 Å². The maximum absolute atomic E-state index is 9.07. The topological polar surface area (TPSA) is 56.9 Å². The predicted octanol–water partition coefficient (Wildman–Crippen LogP) is 1.51. The number of fused-ring (bicyclic) bond motifs is 1. The van der Waals surface area contributed by atoms with E-state index in [2.05, 4.69) is 36.3 Å². The molecule has 2 aromatic heterocycles. The summed E-state index contributed by atoms with van der Waals surface area (Å²) in [5, 5.41) is 9.07. The van der Waals surface area contributed by atoms with Crippen LogP contribution in [-0.2, 0) is 0 Å². The summed E-state index contributed by atoms with van der Waals surface area (Å²) in [6.07, 6.45) is 5.73. The molecule has 1 aromatic carbocycles. The van der Waals surface area contributed by atoms with Crippen molar-refractivity contribution in [2.24, 2.45) is 0 Å². The van der Waals surface area contributed by atoms with Crippen LogP contribution in [-0.4, -0.2) is 63.7 Å². The molecule has 0 aliphatic carbocycles. The monoisotopic (exact) mass is 323 g/mol. The SMILES string of the molecule is OCCN1CCN(c2nccn3c(-c4ccccc4)cnc23)CC1. The van der Waals surface area contributed by atoms with Gasteiger partial charge in [-0.05, 0) is 0 Å². The van der Waals surface area contributed by atoms with Gasteiger partial charge in [0, 0.05) is 50.7 Å². The first-order chi connectivity index (χ1) is 11.9. The van der Waals surface area contributed by atoms with Crippen LogP contribution < -0.4 is 4.90 Å². The van der Waals surface area contributed by atoms with E-state index in [1.807, 2.05) is 36.8 Å². The van der Waals surface area contributed by atoms with Crippen molar-refractivity contribution in [3.05, 3.63) is 48.9 Å². The van der Waals surface area contributed by atoms with Crippen molar-refractivity contribution in [2.45, 2.75) is 0 Å². The summed E-state index contributed by atoms with van der Waals surface area (Å²) in [6.45, 7) is 4.65. The van der Waals surface area contributed by atoms with Gasteiger partial charge in [-0.2, -0.15) is 0 Å². The van der Waals surface area contributed by atoms with Gasteiger partial charge >= 0.3 is 0 Å². The number of hydrogen-bond donors (Lipinski definition) is 1. The quantitative estimate of drug-likeness (QED) is 0.789. The molecule has 0 saturated carbocycles. The standard InChI is InChI=1S/C18H21N5O/c24-13-12-21-8-10-22(11-9-21)17-18-20-14-16(23(18)7-6-19-17)15-4-2-1-3-5-15/h1-7,14,24H,8-13H2. The van der Waals surface area contributed by atoms with Crippen LogP contribution >= 0.6 is 0 Å². The Labute approximate surface area is 141 Å². The van der Waals surface area contributed by atoms with E-state index in [-0.39, 0.29) is 6.61 Å². The Bertz CT molecular complexity index is 809. The zero-order chi connectivity index (χ0) is 16.4. The lowest BCUT2D eigenvalue weighted by atomic mass is 10.2. The summed E-state index contributed by atoms with van der Waals surface area (Å²) in [5.41, 5.74) is 3.12. The molecule has 1 fully saturated rings. The smallest absolute Gasteiger partial charge is 0.180 e. The first-order valence-corrected chi connectivity index (χ1v) is 8.32. The molecule has 3 heterocycles. The number of benzene rings is 1. The van der Waals surface area contributed by atoms with E-state index in [9.17, 15) is 0 Å². The van der Waals surface area contributed by atoms with Crippen molar-refractivity contribution < 1.29 is 5.11 Å². The molecule has 4 rings (SSSR count). The summed E-state index contributed by atoms with van der Waals surface area (Å²) in [7, 11) is 0. The fourth-order valence-electron chi connectivity index (χ4n) is 3.28. The fraction of sp³-hybridized carbons (Fsp3) is 0.333. The number of aliphatic hydroxyl groups is 1. The average Bonchev–Trinajstić information content (AvgIpc) is 3.08. The number of nitrogens with zero attached hydrogens (tertiary/aromatic N) is 5. The van der Waals surface area contributed by atoms with Gasteiger partial charge in [0.05, 0.1) is 18.5 Å². The molecule has 0 atom stereocenters. The second kappa shape index (κ2) is 6.59. The maximum atomic E-state index is 9.07. The molecule has 6 nitrogen and oxygen atoms in total. The number of aliphatic hydroxyl groups excluding tert-OH is 1. The van der Waals surface area contributed by atoms with Gasteiger partial charge in [0.2, 0.25) is 0 Å². The summed E-state index contributed by atoms with van der Waals surface area (Å²) in [6, 6.07) is 10.3. The molecule has 24 heavy (non-hydrogen) atoms. The molecule has 1 aliphatic rings. The first-order valence-electron chi connectivity index (χ1n) is 8.32. The number of imidazole rings is 1. The second-order valence-corrected chi connectivity index (χ2v) is 6.01. The van der Waals surface area contributed by atoms with Gasteiger partial charge in [0.1, 0.15) is 0 Å². The summed E-state index contributed by atoms with van der Waals surface area (Å²) in [5.74, 6) is 0.934. The van der Waals surface area contributed by atoms with Gasteiger partial charge in [-0.15, -0.1) is 0 Å². The van der Waals surface area contributed by atoms with E-state index in [1.54, 1.807) is 0 Å². The van der Waals surface area contributed by atoms with Gasteiger partial charge in [0.15, 0.2) is 11.5 Å². The highest BCUT2D eigenvalue weighted by Gasteiger charge is 2.21. The molecule has 0 amide bonds. The minimum absolute atomic E-state index is 0.217. The molecule has 124 valence electrons. The highest BCUT2D eigenvalue weighted by Crippen LogP contribution is 2.25. The van der Waals surface area contributed by atoms with Crippen LogP contribution in [0.15, 0.2) is 48.9 Å². The largest absolute Gasteiger partial charge is 0.395 e. The average molecular weight is 323 g/mol. The molecular weight excluding hydrogens is 302 g/mol. The second-order valence-electron chi connectivity index (χ2n) is 6.01. The molecule has 0 unspecified atom stereocenters. The van der Waals surface area contributed by atoms with E-state index in [1.165, 1.54) is 0 Å². The highest BCUT2D eigenvalue weighted by atomic mass is 16.3. The van der Waals surface area contributed by atoms with E-state index in [4.69, 9.17) is 5.11 Å². The summed E-state index contributed by atoms with van der Waals surface area (Å²) >= 11 is 0. The van der Waals surface area contributed by atoms with Crippen LogP contribution in [0.2, 0.25) is 0 Å². The zero-order valence-electron chi connectivity index (χ0n) is 13.5. The Morgan fingerprint density at radius 2 is 1.79 bits per heavy atom. The zero-order valence-corrected chi connectivity index (χ0v) is 13.5. The number of rotatable bonds is 4. The molecule has 6 heteroatoms. The Morgan fingerprint density at radius 1 is 1.00 bits per heavy atom. The van der Waals surface area contributed by atoms with Crippen molar-refractivity contribution in [1.82, 2.24) is 19.3 Å². The number of hydrogen-bond acceptors (Lipinski definition) is 5. The van der Waals surface area contributed by atoms with Crippen LogP contribution in [0.25, 0.3) is 16.9 Å². The molecule has 0 bridgehead atoms. The van der Waals surface area contributed by atoms with E-state index in [0.717, 1.165) is 55.4 Å². The van der Waals surface area contributed by atoms with Gasteiger partial charge < -0.3 is 10.0 Å². The summed E-state index contributed by atoms with van der Waals surface area (Å²) in [4.78, 5) is 13.8. The predicted molar refractivity (Wildman–Crippen MR) is 94.2 cm³/mol. The van der Waals surface area contributed by atoms with Crippen molar-refractivity contribution in [1.29, 1.82) is 0 Å². The molecular formula is C18H21N5O. The molecule has 3 aromatic rings. The minimum Gasteiger partial charge on any atom is -0.395 e. The van der Waals surface area contributed by atoms with Gasteiger partial charge in [0.25, 0.3) is 0 Å². The van der Waals surface area contributed by atoms with Crippen molar-refractivity contribution in [2.75, 3.05) is 44.2 Å². The van der Waals surface area contributed by atoms with Crippen LogP contribution in [0.5, 0.6) is 0 Å². The van der Waals surface area contributed by atoms with Crippen molar-refractivity contribution in [3.8, 4) is 11.3 Å². The fourth-order valence-corrected chi connectivity index (χ4v) is 3.28. The number of β-amino-alcohol motifs (C(OH)–C–C–N with tert-alkyl or cyclic N) is 1. The Kier molecular flexibility index (Phi) is 4.15. The molecule has 1 saturated heterocycles. The Balaban J connectivity index is 1.65. The lowest BCUT2D eigenvalue weighted by molar-refractivity contribution is 0.188. The molecule has 0 spiro atoms. The number of piperazine rings is 1. The maximum Gasteiger partial charge on any atom is 0.180 e. The van der Waals surface area contributed by atoms with Crippen molar-refractivity contribution in [3.63, 3.8) is 0 Å². The normalized spacial score (nSPS) is 16.0. The minimum atomic E-state index is 0.217. The van der Waals surface area contributed by atoms with Gasteiger partial charge in [-0.1, -0.05) is 30.3 Å². The van der Waals surface area contributed by atoms with Gasteiger partial charge in [-0.25, -0.2) is 9.97 Å². The van der Waals surface area contributed by atoms with Crippen LogP contribution in [0, 0.1) is 0 Å². The van der Waals surface area contributed by atoms with Crippen LogP contribution in [0.1, 0.15) is 0 Å². The van der Waals surface area contributed by atoms with Crippen molar-refractivity contribution >= 4 is 11.5 Å². The summed E-state index contributed by atoms with van der Waals surface area (Å²) < 4.78 is 2.11. The lowest BCUT2D eigenvalue weighted by Crippen LogP contribution is -2.47. The third-order valence-corrected chi connectivity index (χ3v) is 4.57. The van der Waals surface area contributed by atoms with E-state index >= 15 is 0 Å². The Hall–Kier alpha value is -2.44. The molecule has 1 aliphatic heterocycles. The number of anilines is 1. The third kappa shape index (κ3) is 2.74. The van der Waals surface area contributed by atoms with Crippen LogP contribution in [0.3, 0.4) is 0 Å².